The molecular formula is C22H18F4NO5P. The first kappa shape index (κ1) is 24.3. The van der Waals surface area contributed by atoms with Crippen LogP contribution >= 0.6 is 7.75 Å². The van der Waals surface area contributed by atoms with Gasteiger partial charge in [0.2, 0.25) is 11.6 Å². The Morgan fingerprint density at radius 1 is 0.909 bits per heavy atom. The molecule has 1 unspecified atom stereocenters. The molecule has 0 heterocycles. The van der Waals surface area contributed by atoms with Gasteiger partial charge in [-0.1, -0.05) is 48.5 Å². The molecule has 0 aliphatic heterocycles. The number of esters is 1. The predicted molar refractivity (Wildman–Crippen MR) is 110 cm³/mol. The van der Waals surface area contributed by atoms with E-state index in [1.165, 1.54) is 31.2 Å². The van der Waals surface area contributed by atoms with E-state index < -0.39 is 48.8 Å². The number of hydrogen-bond donors (Lipinski definition) is 1. The molecule has 3 aromatic carbocycles. The molecule has 6 nitrogen and oxygen atoms in total. The van der Waals surface area contributed by atoms with Crippen molar-refractivity contribution in [2.75, 3.05) is 0 Å². The summed E-state index contributed by atoms with van der Waals surface area (Å²) < 4.78 is 83.2. The second kappa shape index (κ2) is 10.5. The van der Waals surface area contributed by atoms with Crippen LogP contribution < -0.4 is 14.1 Å². The first-order valence-electron chi connectivity index (χ1n) is 9.54. The van der Waals surface area contributed by atoms with Crippen molar-refractivity contribution in [2.45, 2.75) is 19.6 Å². The summed E-state index contributed by atoms with van der Waals surface area (Å²) in [7, 11) is -4.70. The number of nitrogens with one attached hydrogen (secondary N) is 1. The maximum Gasteiger partial charge on any atom is 0.513 e. The van der Waals surface area contributed by atoms with Gasteiger partial charge in [0.1, 0.15) is 18.4 Å². The number of hydrogen-bond acceptors (Lipinski definition) is 5. The van der Waals surface area contributed by atoms with E-state index in [-0.39, 0.29) is 18.4 Å². The van der Waals surface area contributed by atoms with Gasteiger partial charge in [0.05, 0.1) is 0 Å². The topological polar surface area (TPSA) is 73.9 Å². The van der Waals surface area contributed by atoms with E-state index in [0.717, 1.165) is 0 Å². The Kier molecular flexibility index (Phi) is 7.73. The summed E-state index contributed by atoms with van der Waals surface area (Å²) in [4.78, 5) is 12.4. The second-order valence-corrected chi connectivity index (χ2v) is 8.35. The number of carbonyl (C=O) groups is 1. The van der Waals surface area contributed by atoms with Crippen molar-refractivity contribution in [3.63, 3.8) is 0 Å². The van der Waals surface area contributed by atoms with Crippen LogP contribution in [-0.4, -0.2) is 12.0 Å². The molecule has 0 spiro atoms. The first-order chi connectivity index (χ1) is 15.7. The highest BCUT2D eigenvalue weighted by atomic mass is 31.2. The van der Waals surface area contributed by atoms with Crippen molar-refractivity contribution in [3.05, 3.63) is 95.6 Å². The fourth-order valence-electron chi connectivity index (χ4n) is 2.58. The molecule has 0 aliphatic rings. The predicted octanol–water partition coefficient (Wildman–Crippen LogP) is 5.53. The van der Waals surface area contributed by atoms with Crippen molar-refractivity contribution < 1.29 is 40.7 Å². The molecule has 0 aromatic heterocycles. The molecule has 2 atom stereocenters. The van der Waals surface area contributed by atoms with Gasteiger partial charge >= 0.3 is 13.7 Å². The van der Waals surface area contributed by atoms with Gasteiger partial charge in [-0.15, -0.1) is 0 Å². The molecule has 0 radical (unpaired) electrons. The van der Waals surface area contributed by atoms with E-state index >= 15 is 0 Å². The third kappa shape index (κ3) is 6.34. The molecule has 3 rings (SSSR count). The average molecular weight is 483 g/mol. The molecular weight excluding hydrogens is 465 g/mol. The number of halogens is 4. The molecule has 11 heteroatoms. The normalized spacial score (nSPS) is 13.6. The van der Waals surface area contributed by atoms with Gasteiger partial charge in [-0.05, 0) is 24.6 Å². The zero-order valence-corrected chi connectivity index (χ0v) is 18.0. The minimum Gasteiger partial charge on any atom is -0.460 e. The number of para-hydroxylation sites is 1. The van der Waals surface area contributed by atoms with Gasteiger partial charge in [-0.25, -0.2) is 17.7 Å². The Balaban J connectivity index is 1.81. The summed E-state index contributed by atoms with van der Waals surface area (Å²) in [6.07, 6.45) is 0. The number of rotatable bonds is 9. The van der Waals surface area contributed by atoms with Crippen LogP contribution in [0.4, 0.5) is 17.6 Å². The van der Waals surface area contributed by atoms with Crippen LogP contribution in [0.3, 0.4) is 0 Å². The molecule has 0 saturated heterocycles. The van der Waals surface area contributed by atoms with Gasteiger partial charge in [0.25, 0.3) is 0 Å². The van der Waals surface area contributed by atoms with Gasteiger partial charge in [0.15, 0.2) is 17.4 Å². The highest BCUT2D eigenvalue weighted by Gasteiger charge is 2.36. The van der Waals surface area contributed by atoms with Crippen LogP contribution in [0.5, 0.6) is 11.5 Å². The van der Waals surface area contributed by atoms with Crippen LogP contribution in [-0.2, 0) is 20.7 Å². The molecule has 0 saturated carbocycles. The lowest BCUT2D eigenvalue weighted by Gasteiger charge is -2.23. The van der Waals surface area contributed by atoms with Crippen LogP contribution in [0.25, 0.3) is 0 Å². The van der Waals surface area contributed by atoms with Crippen molar-refractivity contribution in [2.24, 2.45) is 0 Å². The molecule has 3 aromatic rings. The van der Waals surface area contributed by atoms with Gasteiger partial charge in [0, 0.05) is 6.07 Å². The maximum absolute atomic E-state index is 14.1. The largest absolute Gasteiger partial charge is 0.513 e. The number of benzene rings is 3. The third-order valence-corrected chi connectivity index (χ3v) is 5.78. The quantitative estimate of drug-likeness (QED) is 0.142. The smallest absolute Gasteiger partial charge is 0.460 e. The lowest BCUT2D eigenvalue weighted by molar-refractivity contribution is -0.146. The van der Waals surface area contributed by atoms with Gasteiger partial charge in [-0.2, -0.15) is 9.48 Å². The minimum absolute atomic E-state index is 0.0263. The van der Waals surface area contributed by atoms with E-state index in [0.29, 0.717) is 5.56 Å². The Bertz CT molecular complexity index is 1160. The molecule has 174 valence electrons. The van der Waals surface area contributed by atoms with E-state index in [1.54, 1.807) is 36.4 Å². The highest BCUT2D eigenvalue weighted by Crippen LogP contribution is 2.46. The highest BCUT2D eigenvalue weighted by molar-refractivity contribution is 7.52. The summed E-state index contributed by atoms with van der Waals surface area (Å²) in [5.41, 5.74) is 0.692. The lowest BCUT2D eigenvalue weighted by atomic mass is 10.2. The standard InChI is InChI=1S/C22H18F4NO5P/c1-14(22(28)30-13-15-8-4-2-5-9-15)27-33(29,31-16-10-6-3-7-11-16)32-18-12-17(23)19(24)21(26)20(18)25/h2-12,14H,13H2,1H3,(H,27,29)/t14-,33?/m0/s1. The zero-order valence-electron chi connectivity index (χ0n) is 17.1. The van der Waals surface area contributed by atoms with E-state index in [1.807, 2.05) is 0 Å². The van der Waals surface area contributed by atoms with Crippen molar-refractivity contribution in [3.8, 4) is 11.5 Å². The summed E-state index contributed by atoms with van der Waals surface area (Å²) in [6.45, 7) is 1.18. The maximum atomic E-state index is 14.1. The lowest BCUT2D eigenvalue weighted by Crippen LogP contribution is -2.35. The third-order valence-electron chi connectivity index (χ3n) is 4.19. The SMILES string of the molecule is C[C@H](NP(=O)(Oc1ccccc1)Oc1cc(F)c(F)c(F)c1F)C(=O)OCc1ccccc1. The van der Waals surface area contributed by atoms with E-state index in [2.05, 4.69) is 5.09 Å². The number of ether oxygens (including phenoxy) is 1. The van der Waals surface area contributed by atoms with E-state index in [9.17, 15) is 26.9 Å². The summed E-state index contributed by atoms with van der Waals surface area (Å²) in [5.74, 6) is -10.0. The van der Waals surface area contributed by atoms with Crippen molar-refractivity contribution in [1.82, 2.24) is 5.09 Å². The Morgan fingerprint density at radius 3 is 2.15 bits per heavy atom. The fraction of sp³-hybridized carbons (Fsp3) is 0.136. The Labute approximate surface area is 186 Å². The van der Waals surface area contributed by atoms with Crippen LogP contribution in [0.15, 0.2) is 66.7 Å². The van der Waals surface area contributed by atoms with Crippen molar-refractivity contribution >= 4 is 13.7 Å². The molecule has 0 fully saturated rings. The Morgan fingerprint density at radius 2 is 1.52 bits per heavy atom. The Hall–Kier alpha value is -3.36. The minimum atomic E-state index is -4.70. The summed E-state index contributed by atoms with van der Waals surface area (Å²) >= 11 is 0. The van der Waals surface area contributed by atoms with Crippen LogP contribution in [0.1, 0.15) is 12.5 Å². The zero-order chi connectivity index (χ0) is 24.0. The van der Waals surface area contributed by atoms with Gasteiger partial charge in [-0.3, -0.25) is 4.79 Å². The molecule has 1 N–H and O–H groups in total. The second-order valence-electron chi connectivity index (χ2n) is 6.74. The van der Waals surface area contributed by atoms with E-state index in [4.69, 9.17) is 13.8 Å². The molecule has 33 heavy (non-hydrogen) atoms. The van der Waals surface area contributed by atoms with Gasteiger partial charge < -0.3 is 13.8 Å². The average Bonchev–Trinajstić information content (AvgIpc) is 2.80. The first-order valence-corrected chi connectivity index (χ1v) is 11.1. The summed E-state index contributed by atoms with van der Waals surface area (Å²) in [5, 5.41) is 2.24. The van der Waals surface area contributed by atoms with Crippen LogP contribution in [0.2, 0.25) is 0 Å². The molecule has 0 bridgehead atoms. The number of carbonyl (C=O) groups excluding carboxylic acids is 1. The summed E-state index contributed by atoms with van der Waals surface area (Å²) in [6, 6.07) is 15.0. The monoisotopic (exact) mass is 483 g/mol. The molecule has 0 aliphatic carbocycles. The molecule has 0 amide bonds. The van der Waals surface area contributed by atoms with Crippen molar-refractivity contribution in [1.29, 1.82) is 0 Å². The van der Waals surface area contributed by atoms with Crippen LogP contribution in [0, 0.1) is 23.3 Å². The fourth-order valence-corrected chi connectivity index (χ4v) is 4.10.